The number of hydrogen-bond donors (Lipinski definition) is 1. The third-order valence-corrected chi connectivity index (χ3v) is 4.80. The third kappa shape index (κ3) is 3.10. The molecule has 1 aliphatic rings. The van der Waals surface area contributed by atoms with E-state index >= 15 is 0 Å². The summed E-state index contributed by atoms with van der Waals surface area (Å²) in [5, 5.41) is 11.2. The highest BCUT2D eigenvalue weighted by Crippen LogP contribution is 2.42. The highest BCUT2D eigenvalue weighted by atomic mass is 16.5. The number of ether oxygens (including phenoxy) is 1. The number of anilines is 1. The number of para-hydroxylation sites is 1. The number of methoxy groups -OCH3 is 1. The molecule has 0 spiro atoms. The average molecular weight is 353 g/mol. The largest absolute Gasteiger partial charge is 0.497 e. The Balaban J connectivity index is 1.90. The molecule has 0 radical (unpaired) electrons. The van der Waals surface area contributed by atoms with Gasteiger partial charge in [0, 0.05) is 17.7 Å². The Hall–Kier alpha value is -2.66. The zero-order chi connectivity index (χ0) is 18.7. The standard InChI is InChI=1S/C21H23NO4/c1-3-4-13-22-18-8-6-5-7-17(18)21(25,20(22)24)14-19(23)15-9-11-16(26-2)12-10-15/h5-12,25H,3-4,13-14H2,1-2H3. The van der Waals surface area contributed by atoms with Gasteiger partial charge in [0.2, 0.25) is 0 Å². The van der Waals surface area contributed by atoms with Crippen LogP contribution >= 0.6 is 0 Å². The molecule has 5 heteroatoms. The summed E-state index contributed by atoms with van der Waals surface area (Å²) < 4.78 is 5.10. The second-order valence-corrected chi connectivity index (χ2v) is 6.52. The molecule has 136 valence electrons. The van der Waals surface area contributed by atoms with Crippen molar-refractivity contribution in [1.82, 2.24) is 0 Å². The van der Waals surface area contributed by atoms with Crippen LogP contribution < -0.4 is 9.64 Å². The van der Waals surface area contributed by atoms with Crippen molar-refractivity contribution in [3.05, 3.63) is 59.7 Å². The Kier molecular flexibility index (Phi) is 5.09. The van der Waals surface area contributed by atoms with Crippen molar-refractivity contribution in [2.24, 2.45) is 0 Å². The molecule has 3 rings (SSSR count). The maximum Gasteiger partial charge on any atom is 0.264 e. The molecule has 0 fully saturated rings. The Labute approximate surface area is 153 Å². The third-order valence-electron chi connectivity index (χ3n) is 4.80. The minimum absolute atomic E-state index is 0.280. The summed E-state index contributed by atoms with van der Waals surface area (Å²) in [5.41, 5.74) is -0.183. The van der Waals surface area contributed by atoms with Gasteiger partial charge in [-0.1, -0.05) is 31.5 Å². The van der Waals surface area contributed by atoms with Gasteiger partial charge in [-0.3, -0.25) is 9.59 Å². The molecule has 1 aliphatic heterocycles. The summed E-state index contributed by atoms with van der Waals surface area (Å²) in [6, 6.07) is 13.8. The molecule has 1 N–H and O–H groups in total. The molecular weight excluding hydrogens is 330 g/mol. The number of fused-ring (bicyclic) bond motifs is 1. The van der Waals surface area contributed by atoms with Crippen LogP contribution in [0.15, 0.2) is 48.5 Å². The summed E-state index contributed by atoms with van der Waals surface area (Å²) in [4.78, 5) is 27.3. The molecule has 0 saturated heterocycles. The van der Waals surface area contributed by atoms with Gasteiger partial charge in [-0.25, -0.2) is 0 Å². The fourth-order valence-corrected chi connectivity index (χ4v) is 3.33. The van der Waals surface area contributed by atoms with Gasteiger partial charge in [-0.05, 0) is 36.8 Å². The van der Waals surface area contributed by atoms with E-state index in [0.717, 1.165) is 12.8 Å². The predicted molar refractivity (Wildman–Crippen MR) is 99.5 cm³/mol. The van der Waals surface area contributed by atoms with Crippen molar-refractivity contribution in [3.8, 4) is 5.75 Å². The quantitative estimate of drug-likeness (QED) is 0.776. The summed E-state index contributed by atoms with van der Waals surface area (Å²) >= 11 is 0. The lowest BCUT2D eigenvalue weighted by Gasteiger charge is -2.22. The average Bonchev–Trinajstić information content (AvgIpc) is 2.88. The second-order valence-electron chi connectivity index (χ2n) is 6.52. The van der Waals surface area contributed by atoms with E-state index in [1.165, 1.54) is 0 Å². The topological polar surface area (TPSA) is 66.8 Å². The van der Waals surface area contributed by atoms with Crippen molar-refractivity contribution < 1.29 is 19.4 Å². The monoisotopic (exact) mass is 353 g/mol. The van der Waals surface area contributed by atoms with Gasteiger partial charge in [0.1, 0.15) is 5.75 Å². The lowest BCUT2D eigenvalue weighted by atomic mass is 9.88. The molecule has 2 aromatic rings. The molecule has 0 aliphatic carbocycles. The van der Waals surface area contributed by atoms with Crippen molar-refractivity contribution in [2.45, 2.75) is 31.8 Å². The molecule has 26 heavy (non-hydrogen) atoms. The van der Waals surface area contributed by atoms with E-state index in [4.69, 9.17) is 4.74 Å². The van der Waals surface area contributed by atoms with E-state index in [1.54, 1.807) is 48.4 Å². The summed E-state index contributed by atoms with van der Waals surface area (Å²) in [7, 11) is 1.55. The van der Waals surface area contributed by atoms with E-state index in [0.29, 0.717) is 29.1 Å². The van der Waals surface area contributed by atoms with Crippen LogP contribution in [0.3, 0.4) is 0 Å². The summed E-state index contributed by atoms with van der Waals surface area (Å²) in [6.45, 7) is 2.58. The van der Waals surface area contributed by atoms with Gasteiger partial charge in [0.15, 0.2) is 11.4 Å². The number of benzene rings is 2. The van der Waals surface area contributed by atoms with E-state index in [2.05, 4.69) is 0 Å². The number of amides is 1. The first kappa shape index (κ1) is 18.1. The van der Waals surface area contributed by atoms with Crippen LogP contribution in [0.2, 0.25) is 0 Å². The highest BCUT2D eigenvalue weighted by Gasteiger charge is 2.50. The number of rotatable bonds is 7. The van der Waals surface area contributed by atoms with Crippen molar-refractivity contribution in [1.29, 1.82) is 0 Å². The number of unbranched alkanes of at least 4 members (excludes halogenated alkanes) is 1. The molecule has 0 aromatic heterocycles. The number of hydrogen-bond acceptors (Lipinski definition) is 4. The van der Waals surface area contributed by atoms with Crippen LogP contribution in [0.25, 0.3) is 0 Å². The predicted octanol–water partition coefficient (Wildman–Crippen LogP) is 3.30. The molecule has 1 unspecified atom stereocenters. The normalized spacial score (nSPS) is 18.7. The molecule has 1 amide bonds. The molecule has 5 nitrogen and oxygen atoms in total. The van der Waals surface area contributed by atoms with Crippen LogP contribution in [-0.2, 0) is 10.4 Å². The molecule has 0 bridgehead atoms. The molecule has 2 aromatic carbocycles. The Morgan fingerprint density at radius 2 is 1.85 bits per heavy atom. The lowest BCUT2D eigenvalue weighted by Crippen LogP contribution is -2.42. The first-order valence-corrected chi connectivity index (χ1v) is 8.82. The minimum atomic E-state index is -1.82. The van der Waals surface area contributed by atoms with Gasteiger partial charge in [0.05, 0.1) is 19.2 Å². The van der Waals surface area contributed by atoms with Crippen molar-refractivity contribution in [3.63, 3.8) is 0 Å². The fraction of sp³-hybridized carbons (Fsp3) is 0.333. The number of Topliss-reactive ketones (excluding diaryl/α,β-unsaturated/α-hetero) is 1. The number of carbonyl (C=O) groups excluding carboxylic acids is 2. The smallest absolute Gasteiger partial charge is 0.264 e. The minimum Gasteiger partial charge on any atom is -0.497 e. The second kappa shape index (κ2) is 7.30. The van der Waals surface area contributed by atoms with Crippen molar-refractivity contribution >= 4 is 17.4 Å². The van der Waals surface area contributed by atoms with Crippen LogP contribution in [0.1, 0.15) is 42.1 Å². The van der Waals surface area contributed by atoms with E-state index < -0.39 is 11.5 Å². The lowest BCUT2D eigenvalue weighted by molar-refractivity contribution is -0.135. The zero-order valence-electron chi connectivity index (χ0n) is 15.1. The zero-order valence-corrected chi connectivity index (χ0v) is 15.1. The summed E-state index contributed by atoms with van der Waals surface area (Å²) in [6.07, 6.45) is 1.50. The van der Waals surface area contributed by atoms with Crippen LogP contribution in [0.4, 0.5) is 5.69 Å². The summed E-state index contributed by atoms with van der Waals surface area (Å²) in [5.74, 6) is -0.0575. The van der Waals surface area contributed by atoms with Gasteiger partial charge in [0.25, 0.3) is 5.91 Å². The SMILES string of the molecule is CCCCN1C(=O)C(O)(CC(=O)c2ccc(OC)cc2)c2ccccc21. The Morgan fingerprint density at radius 3 is 2.50 bits per heavy atom. The number of aliphatic hydroxyl groups is 1. The van der Waals surface area contributed by atoms with Crippen LogP contribution in [-0.4, -0.2) is 30.5 Å². The Bertz CT molecular complexity index is 815. The molecule has 1 heterocycles. The van der Waals surface area contributed by atoms with E-state index in [-0.39, 0.29) is 12.2 Å². The number of ketones is 1. The van der Waals surface area contributed by atoms with Gasteiger partial charge in [-0.15, -0.1) is 0 Å². The van der Waals surface area contributed by atoms with Gasteiger partial charge < -0.3 is 14.7 Å². The van der Waals surface area contributed by atoms with Gasteiger partial charge in [-0.2, -0.15) is 0 Å². The molecular formula is C21H23NO4. The van der Waals surface area contributed by atoms with Gasteiger partial charge >= 0.3 is 0 Å². The van der Waals surface area contributed by atoms with Crippen LogP contribution in [0.5, 0.6) is 5.75 Å². The first-order valence-electron chi connectivity index (χ1n) is 8.82. The maximum absolute atomic E-state index is 13.0. The number of nitrogens with zero attached hydrogens (tertiary/aromatic N) is 1. The van der Waals surface area contributed by atoms with E-state index in [1.807, 2.05) is 19.1 Å². The van der Waals surface area contributed by atoms with E-state index in [9.17, 15) is 14.7 Å². The number of carbonyl (C=O) groups is 2. The molecule has 0 saturated carbocycles. The highest BCUT2D eigenvalue weighted by molar-refractivity contribution is 6.10. The van der Waals surface area contributed by atoms with Crippen molar-refractivity contribution in [2.75, 3.05) is 18.6 Å². The Morgan fingerprint density at radius 1 is 1.15 bits per heavy atom. The molecule has 1 atom stereocenters. The maximum atomic E-state index is 13.0. The first-order chi connectivity index (χ1) is 12.5. The fourth-order valence-electron chi connectivity index (χ4n) is 3.33. The van der Waals surface area contributed by atoms with Crippen LogP contribution in [0, 0.1) is 0 Å².